The molecule has 3 rings (SSSR count). The summed E-state index contributed by atoms with van der Waals surface area (Å²) in [6.07, 6.45) is 0.832. The van der Waals surface area contributed by atoms with Gasteiger partial charge in [0.2, 0.25) is 15.9 Å². The van der Waals surface area contributed by atoms with Crippen LogP contribution in [0.2, 0.25) is 0 Å². The van der Waals surface area contributed by atoms with Crippen molar-refractivity contribution in [3.63, 3.8) is 0 Å². The molecule has 8 heteroatoms. The average Bonchev–Trinajstić information content (AvgIpc) is 3.13. The van der Waals surface area contributed by atoms with Crippen LogP contribution in [0.4, 0.5) is 5.69 Å². The predicted molar refractivity (Wildman–Crippen MR) is 117 cm³/mol. The molecule has 0 fully saturated rings. The summed E-state index contributed by atoms with van der Waals surface area (Å²) >= 11 is 1.59. The molecular weight excluding hydrogens is 406 g/mol. The number of benzene rings is 2. The first kappa shape index (κ1) is 21.2. The Labute approximate surface area is 175 Å². The Kier molecular flexibility index (Phi) is 6.46. The Hall–Kier alpha value is -2.55. The van der Waals surface area contributed by atoms with E-state index in [1.165, 1.54) is 18.4 Å². The van der Waals surface area contributed by atoms with Crippen LogP contribution in [0, 0.1) is 6.92 Å². The zero-order chi connectivity index (χ0) is 21.0. The molecule has 2 aromatic carbocycles. The second-order valence-corrected chi connectivity index (χ2v) is 10.0. The van der Waals surface area contributed by atoms with Crippen molar-refractivity contribution >= 4 is 33.0 Å². The fourth-order valence-corrected chi connectivity index (χ4v) is 4.30. The van der Waals surface area contributed by atoms with Crippen molar-refractivity contribution in [2.24, 2.45) is 0 Å². The molecule has 152 valence electrons. The lowest BCUT2D eigenvalue weighted by molar-refractivity contribution is -0.116. The van der Waals surface area contributed by atoms with E-state index in [-0.39, 0.29) is 10.8 Å². The largest absolute Gasteiger partial charge is 0.326 e. The first-order valence-electron chi connectivity index (χ1n) is 9.09. The maximum atomic E-state index is 12.3. The molecule has 0 unspecified atom stereocenters. The van der Waals surface area contributed by atoms with E-state index in [2.05, 4.69) is 10.3 Å². The summed E-state index contributed by atoms with van der Waals surface area (Å²) in [6.45, 7) is 1.96. The van der Waals surface area contributed by atoms with Gasteiger partial charge in [-0.05, 0) is 43.2 Å². The number of amides is 1. The van der Waals surface area contributed by atoms with Crippen LogP contribution in [0.5, 0.6) is 0 Å². The molecule has 0 saturated carbocycles. The molecule has 0 aliphatic heterocycles. The van der Waals surface area contributed by atoms with E-state index in [1.54, 1.807) is 35.6 Å². The zero-order valence-corrected chi connectivity index (χ0v) is 18.2. The molecule has 6 nitrogen and oxygen atoms in total. The number of nitrogens with one attached hydrogen (secondary N) is 1. The fourth-order valence-electron chi connectivity index (χ4n) is 2.77. The summed E-state index contributed by atoms with van der Waals surface area (Å²) in [5.74, 6) is -0.0957. The lowest BCUT2D eigenvalue weighted by Gasteiger charge is -2.11. The van der Waals surface area contributed by atoms with E-state index in [9.17, 15) is 13.2 Å². The summed E-state index contributed by atoms with van der Waals surface area (Å²) in [6, 6.07) is 14.2. The Morgan fingerprint density at radius 1 is 1.14 bits per heavy atom. The number of thiazole rings is 1. The third-order valence-corrected chi connectivity index (χ3v) is 7.01. The third-order valence-electron chi connectivity index (χ3n) is 4.40. The van der Waals surface area contributed by atoms with Crippen LogP contribution in [0.15, 0.2) is 58.8 Å². The summed E-state index contributed by atoms with van der Waals surface area (Å²) in [4.78, 5) is 17.0. The second-order valence-electron chi connectivity index (χ2n) is 6.81. The lowest BCUT2D eigenvalue weighted by atomic mass is 10.1. The minimum Gasteiger partial charge on any atom is -0.326 e. The SMILES string of the molecule is Cc1nc(-c2cccc(NC(=O)CCc3ccc(S(=O)(=O)N(C)C)cc3)c2)cs1. The third kappa shape index (κ3) is 5.29. The number of aromatic nitrogens is 1. The van der Waals surface area contributed by atoms with Gasteiger partial charge in [-0.15, -0.1) is 11.3 Å². The standard InChI is InChI=1S/C21H23N3O3S2/c1-15-22-20(14-28-15)17-5-4-6-18(13-17)23-21(25)12-9-16-7-10-19(11-8-16)29(26,27)24(2)3/h4-8,10-11,13-14H,9,12H2,1-3H3,(H,23,25). The van der Waals surface area contributed by atoms with Crippen LogP contribution in [-0.2, 0) is 21.2 Å². The van der Waals surface area contributed by atoms with Crippen molar-refractivity contribution in [2.75, 3.05) is 19.4 Å². The van der Waals surface area contributed by atoms with Gasteiger partial charge in [0.1, 0.15) is 0 Å². The van der Waals surface area contributed by atoms with Crippen molar-refractivity contribution in [2.45, 2.75) is 24.7 Å². The highest BCUT2D eigenvalue weighted by atomic mass is 32.2. The van der Waals surface area contributed by atoms with E-state index in [4.69, 9.17) is 0 Å². The van der Waals surface area contributed by atoms with Crippen molar-refractivity contribution in [1.29, 1.82) is 0 Å². The first-order chi connectivity index (χ1) is 13.8. The van der Waals surface area contributed by atoms with E-state index in [1.807, 2.05) is 36.6 Å². The van der Waals surface area contributed by atoms with Crippen LogP contribution >= 0.6 is 11.3 Å². The molecule has 0 saturated heterocycles. The minimum absolute atomic E-state index is 0.0957. The van der Waals surface area contributed by atoms with Gasteiger partial charge in [-0.3, -0.25) is 4.79 Å². The minimum atomic E-state index is -3.44. The summed E-state index contributed by atoms with van der Waals surface area (Å²) < 4.78 is 25.4. The molecule has 0 spiro atoms. The molecule has 1 amide bonds. The summed E-state index contributed by atoms with van der Waals surface area (Å²) in [7, 11) is -0.445. The maximum absolute atomic E-state index is 12.3. The van der Waals surface area contributed by atoms with E-state index >= 15 is 0 Å². The highest BCUT2D eigenvalue weighted by molar-refractivity contribution is 7.89. The van der Waals surface area contributed by atoms with Gasteiger partial charge in [0, 0.05) is 37.1 Å². The first-order valence-corrected chi connectivity index (χ1v) is 11.4. The van der Waals surface area contributed by atoms with Gasteiger partial charge in [0.25, 0.3) is 0 Å². The molecule has 1 heterocycles. The van der Waals surface area contributed by atoms with Gasteiger partial charge in [0.05, 0.1) is 15.6 Å². The van der Waals surface area contributed by atoms with Gasteiger partial charge >= 0.3 is 0 Å². The summed E-state index contributed by atoms with van der Waals surface area (Å²) in [5, 5.41) is 5.91. The number of sulfonamides is 1. The highest BCUT2D eigenvalue weighted by Crippen LogP contribution is 2.24. The molecular formula is C21H23N3O3S2. The fraction of sp³-hybridized carbons (Fsp3) is 0.238. The molecule has 0 atom stereocenters. The van der Waals surface area contributed by atoms with Crippen molar-refractivity contribution in [3.05, 3.63) is 64.5 Å². The number of carbonyl (C=O) groups excluding carboxylic acids is 1. The summed E-state index contributed by atoms with van der Waals surface area (Å²) in [5.41, 5.74) is 3.50. The highest BCUT2D eigenvalue weighted by Gasteiger charge is 2.16. The van der Waals surface area contributed by atoms with Gasteiger partial charge in [-0.25, -0.2) is 17.7 Å². The van der Waals surface area contributed by atoms with Crippen molar-refractivity contribution in [3.8, 4) is 11.3 Å². The Balaban J connectivity index is 1.59. The lowest BCUT2D eigenvalue weighted by Crippen LogP contribution is -2.22. The van der Waals surface area contributed by atoms with Crippen LogP contribution in [0.25, 0.3) is 11.3 Å². The second kappa shape index (κ2) is 8.86. The Morgan fingerprint density at radius 3 is 2.48 bits per heavy atom. The van der Waals surface area contributed by atoms with Gasteiger partial charge in [0.15, 0.2) is 0 Å². The number of nitrogens with zero attached hydrogens (tertiary/aromatic N) is 2. The monoisotopic (exact) mass is 429 g/mol. The average molecular weight is 430 g/mol. The van der Waals surface area contributed by atoms with E-state index < -0.39 is 10.0 Å². The molecule has 0 radical (unpaired) electrons. The van der Waals surface area contributed by atoms with Crippen LogP contribution in [0.3, 0.4) is 0 Å². The molecule has 1 N–H and O–H groups in total. The van der Waals surface area contributed by atoms with Gasteiger partial charge < -0.3 is 5.32 Å². The van der Waals surface area contributed by atoms with Crippen LogP contribution in [-0.4, -0.2) is 37.7 Å². The number of anilines is 1. The molecule has 0 aliphatic carbocycles. The zero-order valence-electron chi connectivity index (χ0n) is 16.5. The molecule has 0 aliphatic rings. The quantitative estimate of drug-likeness (QED) is 0.617. The topological polar surface area (TPSA) is 79.4 Å². The van der Waals surface area contributed by atoms with E-state index in [0.717, 1.165) is 27.5 Å². The number of aryl methyl sites for hydroxylation is 2. The smallest absolute Gasteiger partial charge is 0.242 e. The van der Waals surface area contributed by atoms with Gasteiger partial charge in [-0.1, -0.05) is 24.3 Å². The molecule has 0 bridgehead atoms. The number of carbonyl (C=O) groups is 1. The number of hydrogen-bond donors (Lipinski definition) is 1. The molecule has 29 heavy (non-hydrogen) atoms. The predicted octanol–water partition coefficient (Wildman–Crippen LogP) is 3.94. The normalized spacial score (nSPS) is 11.6. The Morgan fingerprint density at radius 2 is 1.86 bits per heavy atom. The maximum Gasteiger partial charge on any atom is 0.242 e. The van der Waals surface area contributed by atoms with Crippen molar-refractivity contribution in [1.82, 2.24) is 9.29 Å². The van der Waals surface area contributed by atoms with Crippen LogP contribution in [0.1, 0.15) is 17.0 Å². The Bertz CT molecular complexity index is 1100. The van der Waals surface area contributed by atoms with Crippen LogP contribution < -0.4 is 5.32 Å². The number of rotatable bonds is 7. The molecule has 1 aromatic heterocycles. The number of hydrogen-bond acceptors (Lipinski definition) is 5. The van der Waals surface area contributed by atoms with Gasteiger partial charge in [-0.2, -0.15) is 0 Å². The molecule has 3 aromatic rings. The van der Waals surface area contributed by atoms with E-state index in [0.29, 0.717) is 12.8 Å². The van der Waals surface area contributed by atoms with Crippen molar-refractivity contribution < 1.29 is 13.2 Å².